The topological polar surface area (TPSA) is 165 Å². The van der Waals surface area contributed by atoms with E-state index in [2.05, 4.69) is 6.92 Å². The van der Waals surface area contributed by atoms with Gasteiger partial charge in [-0.1, -0.05) is 90.4 Å². The lowest BCUT2D eigenvalue weighted by Crippen LogP contribution is -2.43. The molecule has 37 heavy (non-hydrogen) atoms. The number of aliphatic hydroxyl groups excluding tert-OH is 8. The van der Waals surface area contributed by atoms with E-state index in [1.54, 1.807) is 0 Å². The molecule has 9 heteroatoms. The number of nitrogens with zero attached hydrogens (tertiary/aromatic N) is 1. The van der Waals surface area contributed by atoms with Crippen molar-refractivity contribution in [3.8, 4) is 0 Å². The van der Waals surface area contributed by atoms with Crippen LogP contribution < -0.4 is 0 Å². The fourth-order valence-electron chi connectivity index (χ4n) is 4.57. The van der Waals surface area contributed by atoms with E-state index < -0.39 is 49.8 Å². The first kappa shape index (κ1) is 36.6. The standard InChI is InChI=1S/C28H59NO8/c1-2-3-4-5-6-7-8-9-10-11-12-13-14-15-18-29(19-16-23(32)27(36)25(34)21-30)20-17-24(33)28(37)26(35)22-31/h23-28,30-37H,2-22H2,1H3/t23-,24-,25-,26-,27+,28+/m1/s1. The fraction of sp³-hybridized carbons (Fsp3) is 1.00. The van der Waals surface area contributed by atoms with Crippen LogP contribution >= 0.6 is 0 Å². The molecule has 0 unspecified atom stereocenters. The third-order valence-electron chi connectivity index (χ3n) is 7.26. The molecule has 224 valence electrons. The average Bonchev–Trinajstić information content (AvgIpc) is 2.91. The number of unbranched alkanes of at least 4 members (excludes halogenated alkanes) is 13. The van der Waals surface area contributed by atoms with E-state index in [-0.39, 0.29) is 12.8 Å². The van der Waals surface area contributed by atoms with Gasteiger partial charge in [0, 0.05) is 13.1 Å². The predicted octanol–water partition coefficient (Wildman–Crippen LogP) is 1.70. The Morgan fingerprint density at radius 1 is 0.432 bits per heavy atom. The summed E-state index contributed by atoms with van der Waals surface area (Å²) in [7, 11) is 0. The molecular formula is C28H59NO8. The van der Waals surface area contributed by atoms with Gasteiger partial charge in [-0.3, -0.25) is 0 Å². The van der Waals surface area contributed by atoms with E-state index in [0.717, 1.165) is 25.8 Å². The second-order valence-electron chi connectivity index (χ2n) is 10.6. The van der Waals surface area contributed by atoms with Gasteiger partial charge in [-0.15, -0.1) is 0 Å². The van der Waals surface area contributed by atoms with Crippen molar-refractivity contribution in [3.63, 3.8) is 0 Å². The van der Waals surface area contributed by atoms with Crippen molar-refractivity contribution in [1.82, 2.24) is 4.90 Å². The van der Waals surface area contributed by atoms with Crippen molar-refractivity contribution in [2.24, 2.45) is 0 Å². The summed E-state index contributed by atoms with van der Waals surface area (Å²) in [6, 6.07) is 0. The van der Waals surface area contributed by atoms with Crippen LogP contribution in [0.5, 0.6) is 0 Å². The molecule has 8 N–H and O–H groups in total. The molecule has 0 fully saturated rings. The number of rotatable bonds is 27. The lowest BCUT2D eigenvalue weighted by Gasteiger charge is -2.28. The molecule has 0 rings (SSSR count). The fourth-order valence-corrected chi connectivity index (χ4v) is 4.57. The first-order valence-electron chi connectivity index (χ1n) is 14.8. The highest BCUT2D eigenvalue weighted by atomic mass is 16.4. The van der Waals surface area contributed by atoms with E-state index in [9.17, 15) is 30.6 Å². The van der Waals surface area contributed by atoms with Gasteiger partial charge in [0.25, 0.3) is 0 Å². The molecule has 0 aromatic heterocycles. The van der Waals surface area contributed by atoms with Crippen LogP contribution in [-0.4, -0.2) is 115 Å². The van der Waals surface area contributed by atoms with Gasteiger partial charge in [-0.2, -0.15) is 0 Å². The number of hydrogen-bond donors (Lipinski definition) is 8. The molecule has 9 nitrogen and oxygen atoms in total. The Hall–Kier alpha value is -0.360. The maximum absolute atomic E-state index is 10.1. The molecule has 0 aliphatic heterocycles. The molecule has 6 atom stereocenters. The molecule has 0 bridgehead atoms. The summed E-state index contributed by atoms with van der Waals surface area (Å²) >= 11 is 0. The molecule has 0 heterocycles. The minimum Gasteiger partial charge on any atom is -0.394 e. The SMILES string of the molecule is CCCCCCCCCCCCCCCCN(CC[C@@H](O)[C@H](O)[C@H](O)CO)CC[C@@H](O)[C@H](O)[C@H](O)CO. The molecule has 0 radical (unpaired) electrons. The second-order valence-corrected chi connectivity index (χ2v) is 10.6. The van der Waals surface area contributed by atoms with E-state index in [1.165, 1.54) is 70.6 Å². The zero-order valence-corrected chi connectivity index (χ0v) is 23.3. The van der Waals surface area contributed by atoms with Gasteiger partial charge < -0.3 is 45.8 Å². The normalized spacial score (nSPS) is 17.0. The van der Waals surface area contributed by atoms with Gasteiger partial charge in [-0.25, -0.2) is 0 Å². The van der Waals surface area contributed by atoms with Gasteiger partial charge in [0.15, 0.2) is 0 Å². The van der Waals surface area contributed by atoms with Crippen LogP contribution in [0.15, 0.2) is 0 Å². The van der Waals surface area contributed by atoms with Crippen molar-refractivity contribution >= 4 is 0 Å². The summed E-state index contributed by atoms with van der Waals surface area (Å²) in [4.78, 5) is 2.02. The Morgan fingerprint density at radius 2 is 0.757 bits per heavy atom. The summed E-state index contributed by atoms with van der Waals surface area (Å²) in [5, 5.41) is 77.1. The molecule has 0 aliphatic rings. The van der Waals surface area contributed by atoms with E-state index >= 15 is 0 Å². The number of hydrogen-bond acceptors (Lipinski definition) is 9. The summed E-state index contributed by atoms with van der Waals surface area (Å²) in [6.45, 7) is 2.49. The van der Waals surface area contributed by atoms with E-state index in [1.807, 2.05) is 4.90 Å². The van der Waals surface area contributed by atoms with Crippen LogP contribution in [0.25, 0.3) is 0 Å². The minimum atomic E-state index is -1.44. The van der Waals surface area contributed by atoms with Gasteiger partial charge >= 0.3 is 0 Å². The molecule has 0 spiro atoms. The quantitative estimate of drug-likeness (QED) is 0.0728. The van der Waals surface area contributed by atoms with Crippen molar-refractivity contribution in [2.45, 2.75) is 146 Å². The van der Waals surface area contributed by atoms with Gasteiger partial charge in [0.05, 0.1) is 25.4 Å². The first-order chi connectivity index (χ1) is 17.8. The zero-order valence-electron chi connectivity index (χ0n) is 23.3. The van der Waals surface area contributed by atoms with Gasteiger partial charge in [0.1, 0.15) is 24.4 Å². The highest BCUT2D eigenvalue weighted by molar-refractivity contribution is 4.78. The van der Waals surface area contributed by atoms with Crippen LogP contribution in [0, 0.1) is 0 Å². The van der Waals surface area contributed by atoms with E-state index in [0.29, 0.717) is 13.1 Å². The van der Waals surface area contributed by atoms with Crippen LogP contribution in [0.1, 0.15) is 110 Å². The van der Waals surface area contributed by atoms with Gasteiger partial charge in [0.2, 0.25) is 0 Å². The lowest BCUT2D eigenvalue weighted by atomic mass is 10.0. The van der Waals surface area contributed by atoms with Crippen molar-refractivity contribution in [2.75, 3.05) is 32.8 Å². The smallest absolute Gasteiger partial charge is 0.108 e. The van der Waals surface area contributed by atoms with Crippen LogP contribution in [-0.2, 0) is 0 Å². The summed E-state index contributed by atoms with van der Waals surface area (Å²) < 4.78 is 0. The largest absolute Gasteiger partial charge is 0.394 e. The summed E-state index contributed by atoms with van der Waals surface area (Å²) in [5.41, 5.74) is 0. The molecule has 0 saturated carbocycles. The Balaban J connectivity index is 4.24. The maximum atomic E-state index is 10.1. The molecular weight excluding hydrogens is 478 g/mol. The highest BCUT2D eigenvalue weighted by Crippen LogP contribution is 2.14. The predicted molar refractivity (Wildman–Crippen MR) is 146 cm³/mol. The third kappa shape index (κ3) is 19.4. The summed E-state index contributed by atoms with van der Waals surface area (Å²) in [6.07, 6.45) is 9.94. The number of aliphatic hydroxyl groups is 8. The first-order valence-corrected chi connectivity index (χ1v) is 14.8. The van der Waals surface area contributed by atoms with Crippen LogP contribution in [0.4, 0.5) is 0 Å². The molecule has 0 saturated heterocycles. The lowest BCUT2D eigenvalue weighted by molar-refractivity contribution is -0.0838. The summed E-state index contributed by atoms with van der Waals surface area (Å²) in [5.74, 6) is 0. The monoisotopic (exact) mass is 537 g/mol. The van der Waals surface area contributed by atoms with Crippen molar-refractivity contribution < 1.29 is 40.9 Å². The van der Waals surface area contributed by atoms with Crippen molar-refractivity contribution in [1.29, 1.82) is 0 Å². The van der Waals surface area contributed by atoms with Gasteiger partial charge in [-0.05, 0) is 25.8 Å². The Labute approximate surface area is 225 Å². The average molecular weight is 538 g/mol. The van der Waals surface area contributed by atoms with E-state index in [4.69, 9.17) is 10.2 Å². The highest BCUT2D eigenvalue weighted by Gasteiger charge is 2.26. The molecule has 0 aromatic carbocycles. The van der Waals surface area contributed by atoms with Crippen LogP contribution in [0.2, 0.25) is 0 Å². The van der Waals surface area contributed by atoms with Crippen molar-refractivity contribution in [3.05, 3.63) is 0 Å². The maximum Gasteiger partial charge on any atom is 0.108 e. The molecule has 0 amide bonds. The Morgan fingerprint density at radius 3 is 1.08 bits per heavy atom. The minimum absolute atomic E-state index is 0.175. The Kier molecular flexibility index (Phi) is 24.4. The zero-order chi connectivity index (χ0) is 27.9. The van der Waals surface area contributed by atoms with Crippen LogP contribution in [0.3, 0.4) is 0 Å². The molecule has 0 aliphatic carbocycles. The Bertz CT molecular complexity index is 461. The third-order valence-corrected chi connectivity index (χ3v) is 7.26. The molecule has 0 aromatic rings. The second kappa shape index (κ2) is 24.7.